The predicted molar refractivity (Wildman–Crippen MR) is 127 cm³/mol. The lowest BCUT2D eigenvalue weighted by atomic mass is 10.1. The number of benzene rings is 3. The number of amides is 1. The Balaban J connectivity index is 1.89. The van der Waals surface area contributed by atoms with Gasteiger partial charge in [-0.15, -0.1) is 0 Å². The summed E-state index contributed by atoms with van der Waals surface area (Å²) in [5.74, 6) is 0.0202. The van der Waals surface area contributed by atoms with Crippen LogP contribution in [0.1, 0.15) is 11.1 Å². The van der Waals surface area contributed by atoms with Crippen molar-refractivity contribution in [1.82, 2.24) is 4.72 Å². The molecule has 0 aliphatic carbocycles. The minimum absolute atomic E-state index is 0.0335. The zero-order valence-corrected chi connectivity index (χ0v) is 19.8. The second kappa shape index (κ2) is 10.4. The van der Waals surface area contributed by atoms with Crippen molar-refractivity contribution in [3.63, 3.8) is 0 Å². The summed E-state index contributed by atoms with van der Waals surface area (Å²) in [5.41, 5.74) is 1.79. The number of hydrogen-bond donors (Lipinski definition) is 2. The maximum atomic E-state index is 13.1. The minimum atomic E-state index is -4.00. The van der Waals surface area contributed by atoms with E-state index in [4.69, 9.17) is 27.9 Å². The van der Waals surface area contributed by atoms with Crippen molar-refractivity contribution in [2.45, 2.75) is 24.3 Å². The number of aryl methyl sites for hydroxylation is 1. The summed E-state index contributed by atoms with van der Waals surface area (Å²) >= 11 is 12.1. The van der Waals surface area contributed by atoms with Crippen molar-refractivity contribution in [2.24, 2.45) is 0 Å². The SMILES string of the molecule is COc1ccc(S(=O)(=O)N[C@H](Cc2ccccc2)C(=O)Nc2ccc(Cl)cc2Cl)cc1C. The first kappa shape index (κ1) is 24.1. The lowest BCUT2D eigenvalue weighted by Gasteiger charge is -2.20. The minimum Gasteiger partial charge on any atom is -0.496 e. The van der Waals surface area contributed by atoms with Crippen molar-refractivity contribution in [2.75, 3.05) is 12.4 Å². The molecule has 0 spiro atoms. The quantitative estimate of drug-likeness (QED) is 0.471. The largest absolute Gasteiger partial charge is 0.496 e. The second-order valence-corrected chi connectivity index (χ2v) is 9.67. The average molecular weight is 493 g/mol. The highest BCUT2D eigenvalue weighted by Gasteiger charge is 2.27. The molecule has 0 saturated carbocycles. The van der Waals surface area contributed by atoms with Gasteiger partial charge in [0.15, 0.2) is 0 Å². The van der Waals surface area contributed by atoms with Gasteiger partial charge < -0.3 is 10.1 Å². The van der Waals surface area contributed by atoms with Crippen molar-refractivity contribution >= 4 is 44.8 Å². The molecule has 1 atom stereocenters. The number of hydrogen-bond acceptors (Lipinski definition) is 4. The van der Waals surface area contributed by atoms with E-state index < -0.39 is 22.0 Å². The van der Waals surface area contributed by atoms with Crippen LogP contribution in [0.3, 0.4) is 0 Å². The Morgan fingerprint density at radius 3 is 2.38 bits per heavy atom. The molecule has 9 heteroatoms. The van der Waals surface area contributed by atoms with Crippen molar-refractivity contribution in [3.05, 3.63) is 87.9 Å². The molecule has 0 aromatic heterocycles. The second-order valence-electron chi connectivity index (χ2n) is 7.11. The van der Waals surface area contributed by atoms with E-state index in [2.05, 4.69) is 10.0 Å². The molecule has 0 heterocycles. The van der Waals surface area contributed by atoms with Crippen LogP contribution in [0.5, 0.6) is 5.75 Å². The molecule has 0 saturated heterocycles. The monoisotopic (exact) mass is 492 g/mol. The van der Waals surface area contributed by atoms with E-state index in [0.29, 0.717) is 22.0 Å². The number of halogens is 2. The fraction of sp³-hybridized carbons (Fsp3) is 0.174. The molecule has 32 heavy (non-hydrogen) atoms. The summed E-state index contributed by atoms with van der Waals surface area (Å²) in [5, 5.41) is 3.35. The molecule has 0 aliphatic heterocycles. The van der Waals surface area contributed by atoms with Gasteiger partial charge in [-0.05, 0) is 60.9 Å². The first-order valence-electron chi connectivity index (χ1n) is 9.66. The molecule has 0 bridgehead atoms. The molecule has 6 nitrogen and oxygen atoms in total. The fourth-order valence-corrected chi connectivity index (χ4v) is 4.86. The molecule has 3 aromatic rings. The number of anilines is 1. The van der Waals surface area contributed by atoms with E-state index in [9.17, 15) is 13.2 Å². The van der Waals surface area contributed by atoms with E-state index in [0.717, 1.165) is 5.56 Å². The topological polar surface area (TPSA) is 84.5 Å². The Morgan fingerprint density at radius 1 is 1.03 bits per heavy atom. The van der Waals surface area contributed by atoms with Crippen LogP contribution in [0.25, 0.3) is 0 Å². The highest BCUT2D eigenvalue weighted by atomic mass is 35.5. The van der Waals surface area contributed by atoms with Gasteiger partial charge in [0, 0.05) is 5.02 Å². The van der Waals surface area contributed by atoms with E-state index in [1.165, 1.54) is 25.3 Å². The van der Waals surface area contributed by atoms with Crippen LogP contribution in [-0.2, 0) is 21.2 Å². The third kappa shape index (κ3) is 6.01. The molecule has 1 amide bonds. The van der Waals surface area contributed by atoms with Crippen LogP contribution in [0.4, 0.5) is 5.69 Å². The van der Waals surface area contributed by atoms with Gasteiger partial charge in [-0.2, -0.15) is 4.72 Å². The summed E-state index contributed by atoms with van der Waals surface area (Å²) in [7, 11) is -2.49. The number of methoxy groups -OCH3 is 1. The molecule has 2 N–H and O–H groups in total. The van der Waals surface area contributed by atoms with Crippen LogP contribution in [0.2, 0.25) is 10.0 Å². The number of carbonyl (C=O) groups excluding carboxylic acids is 1. The summed E-state index contributed by atoms with van der Waals surface area (Å²) in [6, 6.07) is 17.2. The summed E-state index contributed by atoms with van der Waals surface area (Å²) in [4.78, 5) is 13.1. The van der Waals surface area contributed by atoms with Gasteiger partial charge in [0.05, 0.1) is 22.7 Å². The Bertz CT molecular complexity index is 1220. The predicted octanol–water partition coefficient (Wildman–Crippen LogP) is 4.84. The van der Waals surface area contributed by atoms with Crippen molar-refractivity contribution in [1.29, 1.82) is 0 Å². The Labute approximate surface area is 197 Å². The van der Waals surface area contributed by atoms with Gasteiger partial charge in [0.25, 0.3) is 0 Å². The van der Waals surface area contributed by atoms with Crippen molar-refractivity contribution in [3.8, 4) is 5.75 Å². The number of nitrogens with one attached hydrogen (secondary N) is 2. The molecule has 0 radical (unpaired) electrons. The molecule has 0 unspecified atom stereocenters. The molecular formula is C23H22Cl2N2O4S. The standard InChI is InChI=1S/C23H22Cl2N2O4S/c1-15-12-18(9-11-22(15)31-2)32(29,30)27-21(13-16-6-4-3-5-7-16)23(28)26-20-10-8-17(24)14-19(20)25/h3-12,14,21,27H,13H2,1-2H3,(H,26,28)/t21-/m1/s1. The fourth-order valence-electron chi connectivity index (χ4n) is 3.12. The van der Waals surface area contributed by atoms with Gasteiger partial charge in [0.2, 0.25) is 15.9 Å². The lowest BCUT2D eigenvalue weighted by molar-refractivity contribution is -0.117. The maximum absolute atomic E-state index is 13.1. The van der Waals surface area contributed by atoms with Crippen LogP contribution < -0.4 is 14.8 Å². The van der Waals surface area contributed by atoms with Gasteiger partial charge in [-0.1, -0.05) is 53.5 Å². The number of carbonyl (C=O) groups is 1. The molecular weight excluding hydrogens is 471 g/mol. The van der Waals surface area contributed by atoms with Crippen LogP contribution in [-0.4, -0.2) is 27.5 Å². The first-order chi connectivity index (χ1) is 15.2. The normalized spacial score (nSPS) is 12.2. The van der Waals surface area contributed by atoms with Gasteiger partial charge >= 0.3 is 0 Å². The maximum Gasteiger partial charge on any atom is 0.242 e. The van der Waals surface area contributed by atoms with E-state index in [-0.39, 0.29) is 16.3 Å². The van der Waals surface area contributed by atoms with Gasteiger partial charge in [0.1, 0.15) is 11.8 Å². The number of ether oxygens (including phenoxy) is 1. The Kier molecular flexibility index (Phi) is 7.79. The van der Waals surface area contributed by atoms with Crippen LogP contribution >= 0.6 is 23.2 Å². The van der Waals surface area contributed by atoms with E-state index in [1.54, 1.807) is 25.1 Å². The number of rotatable bonds is 8. The highest BCUT2D eigenvalue weighted by Crippen LogP contribution is 2.26. The molecule has 168 valence electrons. The lowest BCUT2D eigenvalue weighted by Crippen LogP contribution is -2.45. The molecule has 0 aliphatic rings. The Morgan fingerprint density at radius 2 is 1.75 bits per heavy atom. The van der Waals surface area contributed by atoms with Gasteiger partial charge in [-0.3, -0.25) is 4.79 Å². The summed E-state index contributed by atoms with van der Waals surface area (Å²) in [6.45, 7) is 1.74. The van der Waals surface area contributed by atoms with Crippen molar-refractivity contribution < 1.29 is 17.9 Å². The zero-order valence-electron chi connectivity index (χ0n) is 17.4. The van der Waals surface area contributed by atoms with E-state index >= 15 is 0 Å². The Hall–Kier alpha value is -2.58. The summed E-state index contributed by atoms with van der Waals surface area (Å²) < 4.78 is 33.9. The zero-order chi connectivity index (χ0) is 23.3. The highest BCUT2D eigenvalue weighted by molar-refractivity contribution is 7.89. The smallest absolute Gasteiger partial charge is 0.242 e. The van der Waals surface area contributed by atoms with E-state index in [1.807, 2.05) is 30.3 Å². The first-order valence-corrected chi connectivity index (χ1v) is 11.9. The third-order valence-corrected chi connectivity index (χ3v) is 6.78. The average Bonchev–Trinajstić information content (AvgIpc) is 2.75. The summed E-state index contributed by atoms with van der Waals surface area (Å²) in [6.07, 6.45) is 0.145. The molecule has 3 rings (SSSR count). The number of sulfonamides is 1. The molecule has 3 aromatic carbocycles. The van der Waals surface area contributed by atoms with Gasteiger partial charge in [-0.25, -0.2) is 8.42 Å². The molecule has 0 fully saturated rings. The van der Waals surface area contributed by atoms with Crippen LogP contribution in [0.15, 0.2) is 71.6 Å². The third-order valence-electron chi connectivity index (χ3n) is 4.76. The van der Waals surface area contributed by atoms with Crippen LogP contribution in [0, 0.1) is 6.92 Å².